The van der Waals surface area contributed by atoms with E-state index in [9.17, 15) is 5.11 Å². The maximum absolute atomic E-state index is 10.6. The second kappa shape index (κ2) is 8.82. The van der Waals surface area contributed by atoms with Gasteiger partial charge in [0, 0.05) is 16.3 Å². The molecular formula is C30H24N2O4. The van der Waals surface area contributed by atoms with Gasteiger partial charge in [-0.2, -0.15) is 0 Å². The van der Waals surface area contributed by atoms with Crippen molar-refractivity contribution >= 4 is 21.8 Å². The predicted octanol–water partition coefficient (Wildman–Crippen LogP) is 7.04. The molecule has 2 aromatic heterocycles. The Kier molecular flexibility index (Phi) is 5.34. The maximum Gasteiger partial charge on any atom is 0.226 e. The van der Waals surface area contributed by atoms with Crippen LogP contribution in [0.3, 0.4) is 0 Å². The van der Waals surface area contributed by atoms with Crippen LogP contribution in [-0.4, -0.2) is 21.8 Å². The summed E-state index contributed by atoms with van der Waals surface area (Å²) in [4.78, 5) is 4.65. The second-order valence-electron chi connectivity index (χ2n) is 8.51. The first kappa shape index (κ1) is 21.8. The lowest BCUT2D eigenvalue weighted by molar-refractivity contribution is 0.279. The first-order chi connectivity index (χ1) is 17.7. The molecule has 6 nitrogen and oxygen atoms in total. The number of benzene rings is 4. The van der Waals surface area contributed by atoms with Gasteiger partial charge in [0.2, 0.25) is 5.89 Å². The monoisotopic (exact) mass is 476 g/mol. The molecular weight excluding hydrogens is 452 g/mol. The SMILES string of the molecule is COc1c(OCc2nc(-c3ccccc3)oc2C)cccc1-n1c2ccccc2c2c(O)cccc21. The third kappa shape index (κ3) is 3.55. The third-order valence-electron chi connectivity index (χ3n) is 6.36. The van der Waals surface area contributed by atoms with Gasteiger partial charge in [-0.1, -0.05) is 48.5 Å². The number of hydrogen-bond acceptors (Lipinski definition) is 5. The number of hydrogen-bond donors (Lipinski definition) is 1. The summed E-state index contributed by atoms with van der Waals surface area (Å²) in [5, 5.41) is 12.4. The second-order valence-corrected chi connectivity index (χ2v) is 8.51. The molecule has 178 valence electrons. The molecule has 36 heavy (non-hydrogen) atoms. The Morgan fingerprint density at radius 3 is 2.44 bits per heavy atom. The van der Waals surface area contributed by atoms with Crippen molar-refractivity contribution in [2.75, 3.05) is 7.11 Å². The van der Waals surface area contributed by atoms with E-state index in [1.807, 2.05) is 91.9 Å². The molecule has 0 amide bonds. The van der Waals surface area contributed by atoms with Crippen LogP contribution in [0.15, 0.2) is 95.4 Å². The number of phenols is 1. The van der Waals surface area contributed by atoms with Crippen LogP contribution in [0.1, 0.15) is 11.5 Å². The molecule has 0 aliphatic heterocycles. The van der Waals surface area contributed by atoms with E-state index >= 15 is 0 Å². The van der Waals surface area contributed by atoms with E-state index in [0.29, 0.717) is 23.1 Å². The summed E-state index contributed by atoms with van der Waals surface area (Å²) in [7, 11) is 1.63. The molecule has 0 radical (unpaired) electrons. The number of aromatic nitrogens is 2. The van der Waals surface area contributed by atoms with E-state index in [1.165, 1.54) is 0 Å². The molecule has 2 heterocycles. The van der Waals surface area contributed by atoms with Crippen molar-refractivity contribution in [1.29, 1.82) is 0 Å². The predicted molar refractivity (Wildman–Crippen MR) is 140 cm³/mol. The molecule has 0 saturated carbocycles. The summed E-state index contributed by atoms with van der Waals surface area (Å²) in [6.45, 7) is 2.12. The highest BCUT2D eigenvalue weighted by Gasteiger charge is 2.20. The van der Waals surface area contributed by atoms with Crippen molar-refractivity contribution in [2.45, 2.75) is 13.5 Å². The van der Waals surface area contributed by atoms with E-state index in [-0.39, 0.29) is 12.4 Å². The van der Waals surface area contributed by atoms with Crippen molar-refractivity contribution in [3.63, 3.8) is 0 Å². The normalized spacial score (nSPS) is 11.3. The van der Waals surface area contributed by atoms with E-state index < -0.39 is 0 Å². The minimum Gasteiger partial charge on any atom is -0.507 e. The number of methoxy groups -OCH3 is 1. The molecule has 6 rings (SSSR count). The number of oxazole rings is 1. The smallest absolute Gasteiger partial charge is 0.226 e. The van der Waals surface area contributed by atoms with Crippen LogP contribution < -0.4 is 9.47 Å². The number of phenolic OH excluding ortho intramolecular Hbond substituents is 1. The number of rotatable bonds is 6. The van der Waals surface area contributed by atoms with Crippen molar-refractivity contribution in [3.05, 3.63) is 102 Å². The van der Waals surface area contributed by atoms with Crippen molar-refractivity contribution in [1.82, 2.24) is 9.55 Å². The van der Waals surface area contributed by atoms with Gasteiger partial charge in [-0.3, -0.25) is 0 Å². The first-order valence-electron chi connectivity index (χ1n) is 11.7. The summed E-state index contributed by atoms with van der Waals surface area (Å²) < 4.78 is 20.1. The summed E-state index contributed by atoms with van der Waals surface area (Å²) in [5.41, 5.74) is 4.30. The lowest BCUT2D eigenvalue weighted by atomic mass is 10.1. The molecule has 6 aromatic rings. The van der Waals surface area contributed by atoms with Gasteiger partial charge in [0.15, 0.2) is 11.5 Å². The van der Waals surface area contributed by atoms with Crippen LogP contribution in [0.25, 0.3) is 38.9 Å². The molecule has 0 atom stereocenters. The average molecular weight is 477 g/mol. The molecule has 4 aromatic carbocycles. The highest BCUT2D eigenvalue weighted by Crippen LogP contribution is 2.42. The fourth-order valence-electron chi connectivity index (χ4n) is 4.67. The number of fused-ring (bicyclic) bond motifs is 3. The number of aryl methyl sites for hydroxylation is 1. The Bertz CT molecular complexity index is 1700. The van der Waals surface area contributed by atoms with E-state index in [0.717, 1.165) is 38.8 Å². The zero-order valence-electron chi connectivity index (χ0n) is 19.9. The van der Waals surface area contributed by atoms with Gasteiger partial charge in [0.1, 0.15) is 23.8 Å². The molecule has 0 bridgehead atoms. The molecule has 0 saturated heterocycles. The Morgan fingerprint density at radius 2 is 1.61 bits per heavy atom. The standard InChI is InChI=1S/C30H24N2O4/c1-19-22(31-30(36-19)20-10-4-3-5-11-20)18-35-27-17-9-15-25(29(27)34-2)32-23-13-7-6-12-21(23)28-24(32)14-8-16-26(28)33/h3-17,33H,18H2,1-2H3. The summed E-state index contributed by atoms with van der Waals surface area (Å²) in [6, 6.07) is 29.1. The van der Waals surface area contributed by atoms with Crippen molar-refractivity contribution < 1.29 is 19.0 Å². The largest absolute Gasteiger partial charge is 0.507 e. The molecule has 1 N–H and O–H groups in total. The zero-order valence-corrected chi connectivity index (χ0v) is 19.9. The van der Waals surface area contributed by atoms with Gasteiger partial charge in [0.05, 0.1) is 23.8 Å². The van der Waals surface area contributed by atoms with Gasteiger partial charge in [0.25, 0.3) is 0 Å². The van der Waals surface area contributed by atoms with E-state index in [2.05, 4.69) is 9.55 Å². The lowest BCUT2D eigenvalue weighted by Crippen LogP contribution is -2.03. The average Bonchev–Trinajstić information content (AvgIpc) is 3.46. The Balaban J connectivity index is 1.41. The van der Waals surface area contributed by atoms with E-state index in [1.54, 1.807) is 13.2 Å². The molecule has 0 fully saturated rings. The maximum atomic E-state index is 10.6. The fourth-order valence-corrected chi connectivity index (χ4v) is 4.67. The van der Waals surface area contributed by atoms with Crippen molar-refractivity contribution in [3.8, 4) is 34.4 Å². The summed E-state index contributed by atoms with van der Waals surface area (Å²) >= 11 is 0. The number of para-hydroxylation sites is 2. The van der Waals surface area contributed by atoms with Gasteiger partial charge in [-0.15, -0.1) is 0 Å². The summed E-state index contributed by atoms with van der Waals surface area (Å²) in [5.74, 6) is 2.70. The van der Waals surface area contributed by atoms with Gasteiger partial charge >= 0.3 is 0 Å². The van der Waals surface area contributed by atoms with E-state index in [4.69, 9.17) is 13.9 Å². The van der Waals surface area contributed by atoms with Gasteiger partial charge in [-0.25, -0.2) is 4.98 Å². The summed E-state index contributed by atoms with van der Waals surface area (Å²) in [6.07, 6.45) is 0. The Labute approximate surface area is 208 Å². The number of ether oxygens (including phenoxy) is 2. The van der Waals surface area contributed by atoms with Crippen LogP contribution in [0.4, 0.5) is 0 Å². The van der Waals surface area contributed by atoms with Crippen LogP contribution in [0.5, 0.6) is 17.2 Å². The fraction of sp³-hybridized carbons (Fsp3) is 0.100. The first-order valence-corrected chi connectivity index (χ1v) is 11.7. The number of aromatic hydroxyl groups is 1. The minimum absolute atomic E-state index is 0.232. The Hall–Kier alpha value is -4.71. The lowest BCUT2D eigenvalue weighted by Gasteiger charge is -2.16. The van der Waals surface area contributed by atoms with Crippen LogP contribution in [0.2, 0.25) is 0 Å². The molecule has 0 aliphatic carbocycles. The molecule has 6 heteroatoms. The van der Waals surface area contributed by atoms with Crippen LogP contribution >= 0.6 is 0 Å². The quantitative estimate of drug-likeness (QED) is 0.279. The highest BCUT2D eigenvalue weighted by molar-refractivity contribution is 6.12. The van der Waals surface area contributed by atoms with Crippen LogP contribution in [0, 0.1) is 6.92 Å². The molecule has 0 aliphatic rings. The van der Waals surface area contributed by atoms with Gasteiger partial charge in [-0.05, 0) is 49.4 Å². The molecule has 0 unspecified atom stereocenters. The highest BCUT2D eigenvalue weighted by atomic mass is 16.5. The topological polar surface area (TPSA) is 69.7 Å². The minimum atomic E-state index is 0.232. The van der Waals surface area contributed by atoms with Crippen LogP contribution in [-0.2, 0) is 6.61 Å². The zero-order chi connectivity index (χ0) is 24.6. The van der Waals surface area contributed by atoms with Gasteiger partial charge < -0.3 is 23.6 Å². The van der Waals surface area contributed by atoms with Crippen molar-refractivity contribution in [2.24, 2.45) is 0 Å². The molecule has 0 spiro atoms. The Morgan fingerprint density at radius 1 is 0.861 bits per heavy atom. The third-order valence-corrected chi connectivity index (χ3v) is 6.36. The number of nitrogens with zero attached hydrogens (tertiary/aromatic N) is 2.